The Hall–Kier alpha value is -3.01. The van der Waals surface area contributed by atoms with E-state index in [9.17, 15) is 19.8 Å². The first kappa shape index (κ1) is 29.7. The smallest absolute Gasteiger partial charge is 0.193 e. The SMILES string of the molecule is C[C@]12C=CC(=O)C=C1CC[C@@H]1C2[C@@H](O)C[C@@]2(C)[C@H]1C[C@H]1O[C@@H](c3cc(OCc4cccc(N)c4)ccc3Cl)O[C@]12C(=O)CO. The van der Waals surface area contributed by atoms with Crippen LogP contribution in [0.25, 0.3) is 0 Å². The molecule has 1 heterocycles. The number of aliphatic hydroxyl groups is 2. The second-order valence-corrected chi connectivity index (χ2v) is 14.0. The number of rotatable bonds is 6. The van der Waals surface area contributed by atoms with Crippen LogP contribution >= 0.6 is 11.6 Å². The standard InChI is InChI=1S/C35H38ClNO7/c1-33-11-10-22(39)13-20(33)6-8-24-26-15-30-35(29(41)17-38,34(26,2)16-28(40)31(24)33)44-32(43-30)25-14-23(7-9-27(25)36)42-18-19-4-3-5-21(37)12-19/h3-5,7,9-14,24,26,28,30-32,38,40H,6,8,15-18,37H2,1-2H3/t24-,26-,28-,30+,31?,32+,33-,34-,35+/m0/s1. The van der Waals surface area contributed by atoms with Gasteiger partial charge in [0.15, 0.2) is 23.5 Å². The molecule has 9 heteroatoms. The highest BCUT2D eigenvalue weighted by molar-refractivity contribution is 6.31. The van der Waals surface area contributed by atoms with Crippen molar-refractivity contribution in [3.63, 3.8) is 0 Å². The summed E-state index contributed by atoms with van der Waals surface area (Å²) in [5, 5.41) is 22.5. The lowest BCUT2D eigenvalue weighted by atomic mass is 9.46. The summed E-state index contributed by atoms with van der Waals surface area (Å²) in [6.07, 6.45) is 5.36. The summed E-state index contributed by atoms with van der Waals surface area (Å²) in [7, 11) is 0. The molecule has 7 rings (SSSR count). The Morgan fingerprint density at radius 3 is 2.80 bits per heavy atom. The van der Waals surface area contributed by atoms with E-state index in [0.717, 1.165) is 24.0 Å². The van der Waals surface area contributed by atoms with Crippen LogP contribution in [0.3, 0.4) is 0 Å². The number of ether oxygens (including phenoxy) is 3. The molecule has 0 amide bonds. The number of Topliss-reactive ketones (excluding diaryl/α,β-unsaturated/α-hetero) is 1. The number of nitrogens with two attached hydrogens (primary N) is 1. The minimum absolute atomic E-state index is 0.00482. The topological polar surface area (TPSA) is 128 Å². The van der Waals surface area contributed by atoms with E-state index in [1.165, 1.54) is 0 Å². The van der Waals surface area contributed by atoms with Crippen molar-refractivity contribution in [2.75, 3.05) is 12.3 Å². The molecule has 9 atom stereocenters. The number of benzene rings is 2. The number of ketones is 2. The summed E-state index contributed by atoms with van der Waals surface area (Å²) in [5.41, 5.74) is 6.37. The molecule has 44 heavy (non-hydrogen) atoms. The molecule has 2 aromatic rings. The monoisotopic (exact) mass is 619 g/mol. The third kappa shape index (κ3) is 4.26. The fourth-order valence-electron chi connectivity index (χ4n) is 9.47. The third-order valence-corrected chi connectivity index (χ3v) is 11.7. The van der Waals surface area contributed by atoms with Crippen LogP contribution in [0.4, 0.5) is 5.69 Å². The Morgan fingerprint density at radius 2 is 2.02 bits per heavy atom. The number of halogens is 1. The Bertz CT molecular complexity index is 1590. The number of anilines is 1. The lowest BCUT2D eigenvalue weighted by molar-refractivity contribution is -0.201. The molecule has 0 bridgehead atoms. The minimum Gasteiger partial charge on any atom is -0.489 e. The summed E-state index contributed by atoms with van der Waals surface area (Å²) in [6.45, 7) is 3.72. The average molecular weight is 620 g/mol. The van der Waals surface area contributed by atoms with Crippen molar-refractivity contribution in [1.82, 2.24) is 0 Å². The van der Waals surface area contributed by atoms with Gasteiger partial charge in [-0.2, -0.15) is 0 Å². The van der Waals surface area contributed by atoms with E-state index >= 15 is 0 Å². The first-order valence-electron chi connectivity index (χ1n) is 15.4. The highest BCUT2D eigenvalue weighted by atomic mass is 35.5. The van der Waals surface area contributed by atoms with Crippen molar-refractivity contribution in [3.8, 4) is 5.75 Å². The summed E-state index contributed by atoms with van der Waals surface area (Å²) in [6, 6.07) is 12.7. The predicted octanol–water partition coefficient (Wildman–Crippen LogP) is 5.10. The van der Waals surface area contributed by atoms with Gasteiger partial charge in [-0.05, 0) is 85.6 Å². The first-order valence-corrected chi connectivity index (χ1v) is 15.7. The fourth-order valence-corrected chi connectivity index (χ4v) is 9.67. The second-order valence-electron chi connectivity index (χ2n) is 13.6. The summed E-state index contributed by atoms with van der Waals surface area (Å²) in [5.74, 6) is 0.0678. The van der Waals surface area contributed by atoms with Gasteiger partial charge in [-0.3, -0.25) is 9.59 Å². The molecule has 2 aromatic carbocycles. The molecule has 3 saturated carbocycles. The number of carbonyl (C=O) groups excluding carboxylic acids is 2. The molecular weight excluding hydrogens is 582 g/mol. The van der Waals surface area contributed by atoms with Crippen molar-refractivity contribution in [1.29, 1.82) is 0 Å². The van der Waals surface area contributed by atoms with Gasteiger partial charge in [0.05, 0.1) is 12.2 Å². The molecule has 0 aromatic heterocycles. The Morgan fingerprint density at radius 1 is 1.20 bits per heavy atom. The van der Waals surface area contributed by atoms with Crippen molar-refractivity contribution < 1.29 is 34.0 Å². The molecular formula is C35H38ClNO7. The van der Waals surface area contributed by atoms with Gasteiger partial charge in [-0.1, -0.05) is 49.2 Å². The van der Waals surface area contributed by atoms with Crippen molar-refractivity contribution in [3.05, 3.63) is 82.4 Å². The van der Waals surface area contributed by atoms with Crippen molar-refractivity contribution >= 4 is 28.9 Å². The summed E-state index contributed by atoms with van der Waals surface area (Å²) >= 11 is 6.66. The number of allylic oxidation sites excluding steroid dienone is 4. The van der Waals surface area contributed by atoms with Crippen LogP contribution in [0.1, 0.15) is 56.9 Å². The molecule has 4 aliphatic carbocycles. The lowest BCUT2D eigenvalue weighted by Crippen LogP contribution is -2.63. The molecule has 1 aliphatic heterocycles. The van der Waals surface area contributed by atoms with E-state index in [1.807, 2.05) is 37.3 Å². The maximum absolute atomic E-state index is 13.8. The van der Waals surface area contributed by atoms with Crippen molar-refractivity contribution in [2.24, 2.45) is 28.6 Å². The van der Waals surface area contributed by atoms with Gasteiger partial charge in [0.2, 0.25) is 0 Å². The van der Waals surface area contributed by atoms with E-state index in [-0.39, 0.29) is 23.5 Å². The van der Waals surface area contributed by atoms with Gasteiger partial charge in [-0.15, -0.1) is 0 Å². The molecule has 1 unspecified atom stereocenters. The summed E-state index contributed by atoms with van der Waals surface area (Å²) < 4.78 is 19.3. The minimum atomic E-state index is -1.46. The van der Waals surface area contributed by atoms with Gasteiger partial charge in [-0.25, -0.2) is 0 Å². The van der Waals surface area contributed by atoms with E-state index in [1.54, 1.807) is 30.4 Å². The van der Waals surface area contributed by atoms with Crippen molar-refractivity contribution in [2.45, 2.75) is 70.2 Å². The molecule has 8 nitrogen and oxygen atoms in total. The van der Waals surface area contributed by atoms with E-state index < -0.39 is 47.3 Å². The molecule has 0 spiro atoms. The van der Waals surface area contributed by atoms with Crippen LogP contribution in [0.2, 0.25) is 5.02 Å². The van der Waals surface area contributed by atoms with E-state index in [0.29, 0.717) is 41.5 Å². The average Bonchev–Trinajstić information content (AvgIpc) is 3.49. The zero-order chi connectivity index (χ0) is 31.0. The Kier molecular flexibility index (Phi) is 7.10. The Labute approximate surface area is 261 Å². The number of aliphatic hydroxyl groups excluding tert-OH is 2. The van der Waals surface area contributed by atoms with Crippen LogP contribution in [-0.2, 0) is 25.7 Å². The summed E-state index contributed by atoms with van der Waals surface area (Å²) in [4.78, 5) is 26.0. The van der Waals surface area contributed by atoms with Gasteiger partial charge >= 0.3 is 0 Å². The van der Waals surface area contributed by atoms with Crippen LogP contribution < -0.4 is 10.5 Å². The number of hydrogen-bond acceptors (Lipinski definition) is 8. The van der Waals surface area contributed by atoms with E-state index in [2.05, 4.69) is 6.92 Å². The highest BCUT2D eigenvalue weighted by Gasteiger charge is 2.76. The number of nitrogen functional groups attached to an aromatic ring is 1. The van der Waals surface area contributed by atoms with E-state index in [4.69, 9.17) is 31.5 Å². The lowest BCUT2D eigenvalue weighted by Gasteiger charge is -2.59. The van der Waals surface area contributed by atoms with Crippen LogP contribution in [0, 0.1) is 28.6 Å². The maximum atomic E-state index is 13.8. The normalized spacial score (nSPS) is 38.8. The fraction of sp³-hybridized carbons (Fsp3) is 0.486. The molecule has 4 fully saturated rings. The molecule has 1 saturated heterocycles. The first-order chi connectivity index (χ1) is 21.0. The molecule has 232 valence electrons. The number of carbonyl (C=O) groups is 2. The van der Waals surface area contributed by atoms with Gasteiger partial charge in [0, 0.05) is 33.0 Å². The van der Waals surface area contributed by atoms with Crippen LogP contribution in [0.5, 0.6) is 5.75 Å². The second kappa shape index (κ2) is 10.5. The van der Waals surface area contributed by atoms with Gasteiger partial charge in [0.1, 0.15) is 19.0 Å². The third-order valence-electron chi connectivity index (χ3n) is 11.4. The maximum Gasteiger partial charge on any atom is 0.193 e. The number of fused-ring (bicyclic) bond motifs is 7. The largest absolute Gasteiger partial charge is 0.489 e. The van der Waals surface area contributed by atoms with Crippen LogP contribution in [-0.4, -0.2) is 46.2 Å². The predicted molar refractivity (Wildman–Crippen MR) is 164 cm³/mol. The zero-order valence-electron chi connectivity index (χ0n) is 24.9. The quantitative estimate of drug-likeness (QED) is 0.381. The molecule has 5 aliphatic rings. The Balaban J connectivity index is 1.19. The highest BCUT2D eigenvalue weighted by Crippen LogP contribution is 2.70. The van der Waals surface area contributed by atoms with Gasteiger partial charge < -0.3 is 30.2 Å². The zero-order valence-corrected chi connectivity index (χ0v) is 25.6. The molecule has 0 radical (unpaired) electrons. The van der Waals surface area contributed by atoms with Crippen LogP contribution in [0.15, 0.2) is 66.3 Å². The number of hydrogen-bond donors (Lipinski definition) is 3. The molecule has 4 N–H and O–H groups in total. The van der Waals surface area contributed by atoms with Gasteiger partial charge in [0.25, 0.3) is 0 Å².